The maximum atomic E-state index is 12.1. The van der Waals surface area contributed by atoms with Crippen molar-refractivity contribution in [1.29, 1.82) is 0 Å². The second kappa shape index (κ2) is 10.2. The molecule has 0 aromatic heterocycles. The van der Waals surface area contributed by atoms with E-state index in [-0.39, 0.29) is 5.57 Å². The molecule has 0 fully saturated rings. The van der Waals surface area contributed by atoms with E-state index in [1.165, 1.54) is 19.1 Å². The van der Waals surface area contributed by atoms with Crippen molar-refractivity contribution in [3.05, 3.63) is 65.3 Å². The Kier molecular flexibility index (Phi) is 8.14. The summed E-state index contributed by atoms with van der Waals surface area (Å²) >= 11 is 0. The quantitative estimate of drug-likeness (QED) is 0.341. The first-order chi connectivity index (χ1) is 11.0. The zero-order chi connectivity index (χ0) is 17.1. The van der Waals surface area contributed by atoms with Crippen molar-refractivity contribution in [2.45, 2.75) is 26.7 Å². The fraction of sp³-hybridized carbons (Fsp3) is 0.263. The summed E-state index contributed by atoms with van der Waals surface area (Å²) in [5.41, 5.74) is 1.40. The van der Waals surface area contributed by atoms with Crippen LogP contribution in [0.2, 0.25) is 0 Å². The first-order valence-corrected chi connectivity index (χ1v) is 7.56. The van der Waals surface area contributed by atoms with Gasteiger partial charge in [-0.25, -0.2) is 9.59 Å². The van der Waals surface area contributed by atoms with Gasteiger partial charge in [-0.1, -0.05) is 55.8 Å². The molecule has 0 radical (unpaired) electrons. The van der Waals surface area contributed by atoms with Crippen LogP contribution in [-0.4, -0.2) is 23.7 Å². The number of carboxylic acids is 1. The number of hydrogen-bond acceptors (Lipinski definition) is 3. The van der Waals surface area contributed by atoms with Gasteiger partial charge in [0, 0.05) is 5.57 Å². The molecular formula is C19H22O4. The molecule has 23 heavy (non-hydrogen) atoms. The molecule has 0 amide bonds. The van der Waals surface area contributed by atoms with E-state index in [0.29, 0.717) is 12.2 Å². The Morgan fingerprint density at radius 1 is 1.17 bits per heavy atom. The van der Waals surface area contributed by atoms with E-state index in [1.54, 1.807) is 12.2 Å². The van der Waals surface area contributed by atoms with Crippen LogP contribution in [-0.2, 0) is 14.3 Å². The van der Waals surface area contributed by atoms with E-state index in [0.717, 1.165) is 18.4 Å². The second-order valence-corrected chi connectivity index (χ2v) is 5.01. The van der Waals surface area contributed by atoms with Gasteiger partial charge in [0.15, 0.2) is 0 Å². The van der Waals surface area contributed by atoms with Crippen molar-refractivity contribution in [3.63, 3.8) is 0 Å². The van der Waals surface area contributed by atoms with Crippen LogP contribution < -0.4 is 0 Å². The van der Waals surface area contributed by atoms with Gasteiger partial charge in [0.05, 0.1) is 12.2 Å². The summed E-state index contributed by atoms with van der Waals surface area (Å²) < 4.78 is 5.19. The summed E-state index contributed by atoms with van der Waals surface area (Å²) in [6.45, 7) is 3.84. The fourth-order valence-electron chi connectivity index (χ4n) is 1.62. The van der Waals surface area contributed by atoms with E-state index in [2.05, 4.69) is 0 Å². The number of aliphatic carboxylic acids is 1. The minimum Gasteiger partial charge on any atom is -0.478 e. The summed E-state index contributed by atoms with van der Waals surface area (Å²) in [7, 11) is 0. The largest absolute Gasteiger partial charge is 0.478 e. The Morgan fingerprint density at radius 2 is 1.87 bits per heavy atom. The van der Waals surface area contributed by atoms with Gasteiger partial charge in [0.25, 0.3) is 0 Å². The number of carboxylic acid groups (broad SMARTS) is 1. The lowest BCUT2D eigenvalue weighted by atomic mass is 10.1. The first-order valence-electron chi connectivity index (χ1n) is 7.56. The summed E-state index contributed by atoms with van der Waals surface area (Å²) in [6, 6.07) is 9.53. The molecule has 122 valence electrons. The van der Waals surface area contributed by atoms with Crippen LogP contribution in [0.5, 0.6) is 0 Å². The molecule has 1 N–H and O–H groups in total. The standard InChI is InChI=1S/C19H22O4/c1-3-4-14-23-19(22)17(12-10-15(2)18(20)21)13-11-16-8-6-5-7-9-16/h5-13H,3-4,14H2,1-2H3,(H,20,21). The molecule has 4 heteroatoms. The summed E-state index contributed by atoms with van der Waals surface area (Å²) in [5.74, 6) is -1.48. The molecule has 0 saturated heterocycles. The smallest absolute Gasteiger partial charge is 0.338 e. The summed E-state index contributed by atoms with van der Waals surface area (Å²) in [4.78, 5) is 22.9. The molecule has 1 aromatic rings. The first kappa shape index (κ1) is 18.4. The van der Waals surface area contributed by atoms with Crippen molar-refractivity contribution in [2.24, 2.45) is 0 Å². The van der Waals surface area contributed by atoms with Crippen LogP contribution in [0.1, 0.15) is 32.3 Å². The number of unbranched alkanes of at least 4 members (excludes halogenated alkanes) is 1. The Balaban J connectivity index is 2.94. The topological polar surface area (TPSA) is 63.6 Å². The van der Waals surface area contributed by atoms with Gasteiger partial charge < -0.3 is 9.84 Å². The average Bonchev–Trinajstić information content (AvgIpc) is 2.55. The third kappa shape index (κ3) is 7.27. The summed E-state index contributed by atoms with van der Waals surface area (Å²) in [6.07, 6.45) is 8.02. The van der Waals surface area contributed by atoms with E-state index in [9.17, 15) is 9.59 Å². The van der Waals surface area contributed by atoms with E-state index >= 15 is 0 Å². The lowest BCUT2D eigenvalue weighted by molar-refractivity contribution is -0.138. The maximum absolute atomic E-state index is 12.1. The van der Waals surface area contributed by atoms with Gasteiger partial charge in [-0.2, -0.15) is 0 Å². The van der Waals surface area contributed by atoms with E-state index < -0.39 is 11.9 Å². The lowest BCUT2D eigenvalue weighted by Gasteiger charge is -2.04. The SMILES string of the molecule is CCCCOC(=O)C(C=Cc1ccccc1)=CC=C(C)C(=O)O. The number of allylic oxidation sites excluding steroid dienone is 2. The number of carbonyl (C=O) groups is 2. The molecular weight excluding hydrogens is 292 g/mol. The molecule has 0 spiro atoms. The second-order valence-electron chi connectivity index (χ2n) is 5.01. The highest BCUT2D eigenvalue weighted by atomic mass is 16.5. The Labute approximate surface area is 136 Å². The van der Waals surface area contributed by atoms with E-state index in [1.807, 2.05) is 37.3 Å². The molecule has 0 atom stereocenters. The molecule has 1 aromatic carbocycles. The fourth-order valence-corrected chi connectivity index (χ4v) is 1.62. The lowest BCUT2D eigenvalue weighted by Crippen LogP contribution is -2.07. The number of hydrogen-bond donors (Lipinski definition) is 1. The molecule has 0 unspecified atom stereocenters. The van der Waals surface area contributed by atoms with Crippen LogP contribution in [0.25, 0.3) is 6.08 Å². The highest BCUT2D eigenvalue weighted by Crippen LogP contribution is 2.09. The molecule has 0 bridgehead atoms. The van der Waals surface area contributed by atoms with Gasteiger partial charge >= 0.3 is 11.9 Å². The Bertz CT molecular complexity index is 610. The van der Waals surface area contributed by atoms with Crippen LogP contribution in [0, 0.1) is 0 Å². The van der Waals surface area contributed by atoms with Gasteiger partial charge in [0.1, 0.15) is 0 Å². The normalized spacial score (nSPS) is 12.4. The van der Waals surface area contributed by atoms with Crippen molar-refractivity contribution >= 4 is 18.0 Å². The zero-order valence-electron chi connectivity index (χ0n) is 13.5. The van der Waals surface area contributed by atoms with Gasteiger partial charge in [-0.3, -0.25) is 0 Å². The van der Waals surface area contributed by atoms with Crippen molar-refractivity contribution < 1.29 is 19.4 Å². The zero-order valence-corrected chi connectivity index (χ0v) is 13.5. The highest BCUT2D eigenvalue weighted by Gasteiger charge is 2.07. The van der Waals surface area contributed by atoms with Gasteiger partial charge in [-0.05, 0) is 31.1 Å². The third-order valence-corrected chi connectivity index (χ3v) is 3.07. The van der Waals surface area contributed by atoms with Crippen molar-refractivity contribution in [1.82, 2.24) is 0 Å². The molecule has 1 rings (SSSR count). The number of rotatable bonds is 8. The molecule has 4 nitrogen and oxygen atoms in total. The van der Waals surface area contributed by atoms with Crippen molar-refractivity contribution in [3.8, 4) is 0 Å². The minimum atomic E-state index is -1.02. The monoisotopic (exact) mass is 314 g/mol. The maximum Gasteiger partial charge on any atom is 0.338 e. The number of benzene rings is 1. The van der Waals surface area contributed by atoms with Gasteiger partial charge in [-0.15, -0.1) is 0 Å². The molecule has 0 saturated carbocycles. The Morgan fingerprint density at radius 3 is 2.48 bits per heavy atom. The Hall–Kier alpha value is -2.62. The van der Waals surface area contributed by atoms with E-state index in [4.69, 9.17) is 9.84 Å². The number of carbonyl (C=O) groups excluding carboxylic acids is 1. The predicted molar refractivity (Wildman–Crippen MR) is 90.8 cm³/mol. The predicted octanol–water partition coefficient (Wildman–Crippen LogP) is 4.00. The van der Waals surface area contributed by atoms with Crippen LogP contribution in [0.3, 0.4) is 0 Å². The number of ether oxygens (including phenoxy) is 1. The highest BCUT2D eigenvalue weighted by molar-refractivity contribution is 5.94. The minimum absolute atomic E-state index is 0.150. The average molecular weight is 314 g/mol. The summed E-state index contributed by atoms with van der Waals surface area (Å²) in [5, 5.41) is 8.88. The molecule has 0 aliphatic heterocycles. The number of esters is 1. The van der Waals surface area contributed by atoms with Crippen LogP contribution in [0.15, 0.2) is 59.7 Å². The van der Waals surface area contributed by atoms with Crippen LogP contribution >= 0.6 is 0 Å². The molecule has 0 aliphatic rings. The third-order valence-electron chi connectivity index (χ3n) is 3.07. The molecule has 0 heterocycles. The molecule has 0 aliphatic carbocycles. The van der Waals surface area contributed by atoms with Crippen molar-refractivity contribution in [2.75, 3.05) is 6.61 Å². The van der Waals surface area contributed by atoms with Gasteiger partial charge in [0.2, 0.25) is 0 Å². The van der Waals surface area contributed by atoms with Crippen LogP contribution in [0.4, 0.5) is 0 Å².